The summed E-state index contributed by atoms with van der Waals surface area (Å²) >= 11 is 1.53. The lowest BCUT2D eigenvalue weighted by molar-refractivity contribution is 0.171. The van der Waals surface area contributed by atoms with Crippen LogP contribution in [0.4, 0.5) is 0 Å². The Balaban J connectivity index is 2.27. The van der Waals surface area contributed by atoms with E-state index in [1.807, 2.05) is 17.5 Å². The van der Waals surface area contributed by atoms with Crippen LogP contribution in [0.3, 0.4) is 0 Å². The highest BCUT2D eigenvalue weighted by atomic mass is 32.1. The van der Waals surface area contributed by atoms with E-state index in [1.54, 1.807) is 13.2 Å². The standard InChI is InChI=1S/C12H10O4S/c1-14-12-10(9-3-2-4-17-9)7(13)5-8-11(12)16-6-15-8/h2-5,13H,6H2,1H3. The van der Waals surface area contributed by atoms with Crippen LogP contribution in [0.25, 0.3) is 10.4 Å². The fourth-order valence-electron chi connectivity index (χ4n) is 1.85. The Labute approximate surface area is 102 Å². The summed E-state index contributed by atoms with van der Waals surface area (Å²) in [4.78, 5) is 0.928. The first kappa shape index (κ1) is 10.3. The van der Waals surface area contributed by atoms with E-state index in [0.29, 0.717) is 22.8 Å². The minimum atomic E-state index is 0.133. The van der Waals surface area contributed by atoms with Crippen LogP contribution in [0.15, 0.2) is 23.6 Å². The minimum Gasteiger partial charge on any atom is -0.507 e. The van der Waals surface area contributed by atoms with E-state index in [2.05, 4.69) is 0 Å². The molecular formula is C12H10O4S. The predicted octanol–water partition coefficient (Wildman–Crippen LogP) is 2.86. The first-order chi connectivity index (χ1) is 8.31. The molecule has 1 aliphatic heterocycles. The van der Waals surface area contributed by atoms with Crippen LogP contribution in [0.5, 0.6) is 23.0 Å². The van der Waals surface area contributed by atoms with E-state index in [0.717, 1.165) is 4.88 Å². The van der Waals surface area contributed by atoms with Crippen LogP contribution in [0, 0.1) is 0 Å². The number of ether oxygens (including phenoxy) is 3. The van der Waals surface area contributed by atoms with Gasteiger partial charge in [0.15, 0.2) is 11.5 Å². The lowest BCUT2D eigenvalue weighted by Crippen LogP contribution is -1.94. The Hall–Kier alpha value is -1.88. The first-order valence-electron chi connectivity index (χ1n) is 5.04. The van der Waals surface area contributed by atoms with Crippen molar-refractivity contribution in [3.8, 4) is 33.4 Å². The van der Waals surface area contributed by atoms with Crippen molar-refractivity contribution in [3.63, 3.8) is 0 Å². The van der Waals surface area contributed by atoms with Crippen molar-refractivity contribution in [3.05, 3.63) is 23.6 Å². The number of phenols is 1. The van der Waals surface area contributed by atoms with Gasteiger partial charge in [-0.15, -0.1) is 11.3 Å². The van der Waals surface area contributed by atoms with Crippen LogP contribution in [-0.2, 0) is 0 Å². The molecule has 17 heavy (non-hydrogen) atoms. The topological polar surface area (TPSA) is 47.9 Å². The molecule has 3 rings (SSSR count). The summed E-state index contributed by atoms with van der Waals surface area (Å²) in [6, 6.07) is 5.40. The van der Waals surface area contributed by atoms with Gasteiger partial charge in [0, 0.05) is 10.9 Å². The number of benzene rings is 1. The second-order valence-corrected chi connectivity index (χ2v) is 4.46. The van der Waals surface area contributed by atoms with Crippen LogP contribution >= 0.6 is 11.3 Å². The van der Waals surface area contributed by atoms with Gasteiger partial charge in [0.1, 0.15) is 5.75 Å². The maximum absolute atomic E-state index is 10.0. The molecule has 0 atom stereocenters. The van der Waals surface area contributed by atoms with Crippen LogP contribution < -0.4 is 14.2 Å². The Bertz CT molecular complexity index is 548. The molecule has 0 unspecified atom stereocenters. The molecule has 5 heteroatoms. The van der Waals surface area contributed by atoms with Gasteiger partial charge in [0.2, 0.25) is 12.5 Å². The molecule has 0 amide bonds. The van der Waals surface area contributed by atoms with Crippen molar-refractivity contribution in [2.24, 2.45) is 0 Å². The molecule has 0 saturated heterocycles. The quantitative estimate of drug-likeness (QED) is 0.890. The molecule has 1 N–H and O–H groups in total. The minimum absolute atomic E-state index is 0.133. The summed E-state index contributed by atoms with van der Waals surface area (Å²) < 4.78 is 15.9. The normalized spacial score (nSPS) is 12.8. The van der Waals surface area contributed by atoms with Crippen molar-refractivity contribution in [1.29, 1.82) is 0 Å². The van der Waals surface area contributed by atoms with Crippen molar-refractivity contribution in [2.75, 3.05) is 13.9 Å². The van der Waals surface area contributed by atoms with Crippen LogP contribution in [0.2, 0.25) is 0 Å². The number of thiophene rings is 1. The summed E-state index contributed by atoms with van der Waals surface area (Å²) in [5.41, 5.74) is 0.645. The fourth-order valence-corrected chi connectivity index (χ4v) is 2.63. The molecule has 1 aromatic carbocycles. The van der Waals surface area contributed by atoms with E-state index < -0.39 is 0 Å². The average molecular weight is 250 g/mol. The zero-order valence-electron chi connectivity index (χ0n) is 9.10. The molecule has 88 valence electrons. The molecule has 0 bridgehead atoms. The molecule has 0 saturated carbocycles. The summed E-state index contributed by atoms with van der Waals surface area (Å²) in [6.45, 7) is 0.152. The van der Waals surface area contributed by atoms with Gasteiger partial charge in [-0.1, -0.05) is 6.07 Å². The Kier molecular flexibility index (Phi) is 2.33. The Morgan fingerprint density at radius 2 is 2.29 bits per heavy atom. The molecule has 1 aliphatic rings. The molecule has 1 aromatic heterocycles. The number of methoxy groups -OCH3 is 1. The summed E-state index contributed by atoms with van der Waals surface area (Å²) in [7, 11) is 1.55. The lowest BCUT2D eigenvalue weighted by Gasteiger charge is -2.11. The molecular weight excluding hydrogens is 240 g/mol. The van der Waals surface area contributed by atoms with Crippen molar-refractivity contribution >= 4 is 11.3 Å². The molecule has 2 aromatic rings. The van der Waals surface area contributed by atoms with Gasteiger partial charge in [-0.05, 0) is 11.4 Å². The van der Waals surface area contributed by atoms with Crippen LogP contribution in [0.1, 0.15) is 0 Å². The number of rotatable bonds is 2. The maximum atomic E-state index is 10.0. The van der Waals surface area contributed by atoms with E-state index in [1.165, 1.54) is 11.3 Å². The summed E-state index contributed by atoms with van der Waals surface area (Å²) in [5.74, 6) is 1.71. The van der Waals surface area contributed by atoms with Gasteiger partial charge in [-0.25, -0.2) is 0 Å². The molecule has 0 fully saturated rings. The number of aromatic hydroxyl groups is 1. The van der Waals surface area contributed by atoms with Crippen molar-refractivity contribution < 1.29 is 19.3 Å². The van der Waals surface area contributed by atoms with E-state index >= 15 is 0 Å². The highest BCUT2D eigenvalue weighted by Crippen LogP contribution is 2.52. The Morgan fingerprint density at radius 1 is 1.41 bits per heavy atom. The number of phenolic OH excluding ortho intramolecular Hbond substituents is 1. The smallest absolute Gasteiger partial charge is 0.231 e. The van der Waals surface area contributed by atoms with Gasteiger partial charge in [-0.3, -0.25) is 0 Å². The fraction of sp³-hybridized carbons (Fsp3) is 0.167. The molecule has 2 heterocycles. The second kappa shape index (κ2) is 3.85. The van der Waals surface area contributed by atoms with Gasteiger partial charge >= 0.3 is 0 Å². The third-order valence-corrected chi connectivity index (χ3v) is 3.46. The third-order valence-electron chi connectivity index (χ3n) is 2.57. The predicted molar refractivity (Wildman–Crippen MR) is 64.1 cm³/mol. The summed E-state index contributed by atoms with van der Waals surface area (Å²) in [6.07, 6.45) is 0. The van der Waals surface area contributed by atoms with E-state index in [9.17, 15) is 5.11 Å². The SMILES string of the molecule is COc1c2c(cc(O)c1-c1cccs1)OCO2. The largest absolute Gasteiger partial charge is 0.507 e. The van der Waals surface area contributed by atoms with Gasteiger partial charge in [0.05, 0.1) is 12.7 Å². The number of hydrogen-bond donors (Lipinski definition) is 1. The van der Waals surface area contributed by atoms with E-state index in [4.69, 9.17) is 14.2 Å². The maximum Gasteiger partial charge on any atom is 0.231 e. The van der Waals surface area contributed by atoms with Gasteiger partial charge in [0.25, 0.3) is 0 Å². The number of hydrogen-bond acceptors (Lipinski definition) is 5. The second-order valence-electron chi connectivity index (χ2n) is 3.52. The third kappa shape index (κ3) is 1.51. The monoisotopic (exact) mass is 250 g/mol. The highest BCUT2D eigenvalue weighted by molar-refractivity contribution is 7.13. The van der Waals surface area contributed by atoms with Crippen LogP contribution in [-0.4, -0.2) is 19.0 Å². The van der Waals surface area contributed by atoms with Crippen molar-refractivity contribution in [1.82, 2.24) is 0 Å². The summed E-state index contributed by atoms with van der Waals surface area (Å²) in [5, 5.41) is 12.0. The van der Waals surface area contributed by atoms with Gasteiger partial charge in [-0.2, -0.15) is 0 Å². The zero-order valence-corrected chi connectivity index (χ0v) is 9.91. The lowest BCUT2D eigenvalue weighted by atomic mass is 10.1. The molecule has 4 nitrogen and oxygen atoms in total. The molecule has 0 spiro atoms. The van der Waals surface area contributed by atoms with Gasteiger partial charge < -0.3 is 19.3 Å². The number of fused-ring (bicyclic) bond motifs is 1. The first-order valence-corrected chi connectivity index (χ1v) is 5.92. The average Bonchev–Trinajstić information content (AvgIpc) is 2.96. The molecule has 0 aliphatic carbocycles. The highest BCUT2D eigenvalue weighted by Gasteiger charge is 2.26. The zero-order chi connectivity index (χ0) is 11.8. The van der Waals surface area contributed by atoms with Crippen molar-refractivity contribution in [2.45, 2.75) is 0 Å². The Morgan fingerprint density at radius 3 is 3.00 bits per heavy atom. The van der Waals surface area contributed by atoms with E-state index in [-0.39, 0.29) is 12.5 Å². The molecule has 0 radical (unpaired) electrons.